The van der Waals surface area contributed by atoms with E-state index in [1.165, 1.54) is 12.1 Å². The summed E-state index contributed by atoms with van der Waals surface area (Å²) in [5.41, 5.74) is 2.02. The number of carbonyl (C=O) groups excluding carboxylic acids is 1. The summed E-state index contributed by atoms with van der Waals surface area (Å²) in [5.74, 6) is 0.118. The lowest BCUT2D eigenvalue weighted by Gasteiger charge is -2.23. The SMILES string of the molecule is CCN(C(=O)C1CC1c1ccc(F)cc1)c1cccc2ccccc12. The molecule has 1 aliphatic rings. The van der Waals surface area contributed by atoms with E-state index in [1.807, 2.05) is 36.1 Å². The number of hydrogen-bond acceptors (Lipinski definition) is 1. The molecule has 1 aliphatic carbocycles. The molecular formula is C22H20FNO. The lowest BCUT2D eigenvalue weighted by Crippen LogP contribution is -2.32. The number of rotatable bonds is 4. The topological polar surface area (TPSA) is 20.3 Å². The molecule has 3 aromatic carbocycles. The zero-order valence-electron chi connectivity index (χ0n) is 14.2. The van der Waals surface area contributed by atoms with Gasteiger partial charge >= 0.3 is 0 Å². The van der Waals surface area contributed by atoms with Gasteiger partial charge in [-0.1, -0.05) is 48.5 Å². The summed E-state index contributed by atoms with van der Waals surface area (Å²) in [6, 6.07) is 20.7. The number of carbonyl (C=O) groups is 1. The summed E-state index contributed by atoms with van der Waals surface area (Å²) in [5, 5.41) is 2.23. The van der Waals surface area contributed by atoms with Crippen LogP contribution in [0.3, 0.4) is 0 Å². The number of anilines is 1. The van der Waals surface area contributed by atoms with Gasteiger partial charge in [0.25, 0.3) is 0 Å². The molecule has 4 rings (SSSR count). The number of amides is 1. The second kappa shape index (κ2) is 6.32. The van der Waals surface area contributed by atoms with Crippen molar-refractivity contribution in [1.29, 1.82) is 0 Å². The quantitative estimate of drug-likeness (QED) is 0.648. The minimum absolute atomic E-state index is 0.00983. The molecule has 126 valence electrons. The van der Waals surface area contributed by atoms with Crippen LogP contribution in [0.25, 0.3) is 10.8 Å². The molecule has 2 nitrogen and oxygen atoms in total. The molecule has 2 unspecified atom stereocenters. The van der Waals surface area contributed by atoms with Crippen molar-refractivity contribution in [3.63, 3.8) is 0 Å². The van der Waals surface area contributed by atoms with Crippen molar-refractivity contribution in [1.82, 2.24) is 0 Å². The van der Waals surface area contributed by atoms with Crippen molar-refractivity contribution in [2.45, 2.75) is 19.3 Å². The van der Waals surface area contributed by atoms with Crippen molar-refractivity contribution >= 4 is 22.4 Å². The fourth-order valence-electron chi connectivity index (χ4n) is 3.64. The number of nitrogens with zero attached hydrogens (tertiary/aromatic N) is 1. The summed E-state index contributed by atoms with van der Waals surface area (Å²) in [7, 11) is 0. The van der Waals surface area contributed by atoms with Crippen LogP contribution in [0, 0.1) is 11.7 Å². The molecule has 0 saturated heterocycles. The molecule has 0 bridgehead atoms. The maximum atomic E-state index is 13.1. The zero-order valence-corrected chi connectivity index (χ0v) is 14.2. The lowest BCUT2D eigenvalue weighted by molar-refractivity contribution is -0.119. The van der Waals surface area contributed by atoms with E-state index in [-0.39, 0.29) is 23.6 Å². The third-order valence-corrected chi connectivity index (χ3v) is 5.05. The summed E-state index contributed by atoms with van der Waals surface area (Å²) in [6.45, 7) is 2.65. The van der Waals surface area contributed by atoms with Gasteiger partial charge in [0.15, 0.2) is 0 Å². The molecule has 1 fully saturated rings. The van der Waals surface area contributed by atoms with E-state index < -0.39 is 0 Å². The Morgan fingerprint density at radius 1 is 1.04 bits per heavy atom. The Morgan fingerprint density at radius 2 is 1.76 bits per heavy atom. The Kier molecular flexibility index (Phi) is 4.00. The van der Waals surface area contributed by atoms with Crippen molar-refractivity contribution in [2.75, 3.05) is 11.4 Å². The third kappa shape index (κ3) is 2.91. The Morgan fingerprint density at radius 3 is 2.52 bits per heavy atom. The molecule has 0 N–H and O–H groups in total. The van der Waals surface area contributed by atoms with Crippen molar-refractivity contribution in [3.05, 3.63) is 78.1 Å². The second-order valence-electron chi connectivity index (χ2n) is 6.58. The van der Waals surface area contributed by atoms with Gasteiger partial charge in [-0.3, -0.25) is 4.79 Å². The highest BCUT2D eigenvalue weighted by atomic mass is 19.1. The van der Waals surface area contributed by atoms with Gasteiger partial charge in [0.2, 0.25) is 5.91 Å². The minimum Gasteiger partial charge on any atom is -0.312 e. The van der Waals surface area contributed by atoms with Crippen LogP contribution in [-0.2, 0) is 4.79 Å². The predicted octanol–water partition coefficient (Wildman–Crippen LogP) is 5.14. The maximum Gasteiger partial charge on any atom is 0.230 e. The first kappa shape index (κ1) is 15.8. The molecule has 0 heterocycles. The molecular weight excluding hydrogens is 313 g/mol. The van der Waals surface area contributed by atoms with Gasteiger partial charge in [0.05, 0.1) is 5.69 Å². The van der Waals surface area contributed by atoms with Gasteiger partial charge < -0.3 is 4.90 Å². The first-order chi connectivity index (χ1) is 12.2. The highest BCUT2D eigenvalue weighted by Gasteiger charge is 2.45. The van der Waals surface area contributed by atoms with Crippen molar-refractivity contribution < 1.29 is 9.18 Å². The minimum atomic E-state index is -0.238. The highest BCUT2D eigenvalue weighted by molar-refractivity contribution is 6.05. The van der Waals surface area contributed by atoms with Gasteiger partial charge in [-0.25, -0.2) is 4.39 Å². The van der Waals surface area contributed by atoms with Gasteiger partial charge in [-0.2, -0.15) is 0 Å². The number of fused-ring (bicyclic) bond motifs is 1. The smallest absolute Gasteiger partial charge is 0.230 e. The van der Waals surface area contributed by atoms with Crippen LogP contribution in [-0.4, -0.2) is 12.5 Å². The van der Waals surface area contributed by atoms with Crippen molar-refractivity contribution in [3.8, 4) is 0 Å². The predicted molar refractivity (Wildman–Crippen MR) is 99.2 cm³/mol. The molecule has 0 aliphatic heterocycles. The van der Waals surface area contributed by atoms with Gasteiger partial charge in [-0.05, 0) is 48.4 Å². The zero-order chi connectivity index (χ0) is 17.4. The van der Waals surface area contributed by atoms with Crippen LogP contribution >= 0.6 is 0 Å². The van der Waals surface area contributed by atoms with Crippen LogP contribution in [0.15, 0.2) is 66.7 Å². The molecule has 2 atom stereocenters. The number of hydrogen-bond donors (Lipinski definition) is 0. The first-order valence-electron chi connectivity index (χ1n) is 8.73. The highest BCUT2D eigenvalue weighted by Crippen LogP contribution is 2.49. The Balaban J connectivity index is 1.61. The molecule has 3 aromatic rings. The molecule has 1 amide bonds. The van der Waals surface area contributed by atoms with Gasteiger partial charge in [-0.15, -0.1) is 0 Å². The molecule has 3 heteroatoms. The van der Waals surface area contributed by atoms with E-state index in [0.717, 1.165) is 28.4 Å². The number of benzene rings is 3. The maximum absolute atomic E-state index is 13.1. The average molecular weight is 333 g/mol. The molecule has 0 radical (unpaired) electrons. The van der Waals surface area contributed by atoms with E-state index in [0.29, 0.717) is 6.54 Å². The van der Waals surface area contributed by atoms with Crippen molar-refractivity contribution in [2.24, 2.45) is 5.92 Å². The normalized spacial score (nSPS) is 19.0. The second-order valence-corrected chi connectivity index (χ2v) is 6.58. The number of halogens is 1. The van der Waals surface area contributed by atoms with Crippen LogP contribution in [0.1, 0.15) is 24.8 Å². The molecule has 25 heavy (non-hydrogen) atoms. The van der Waals surface area contributed by atoms with E-state index in [1.54, 1.807) is 12.1 Å². The third-order valence-electron chi connectivity index (χ3n) is 5.05. The van der Waals surface area contributed by atoms with E-state index in [4.69, 9.17) is 0 Å². The largest absolute Gasteiger partial charge is 0.312 e. The van der Waals surface area contributed by atoms with Crippen LogP contribution in [0.4, 0.5) is 10.1 Å². The Labute approximate surface area is 146 Å². The van der Waals surface area contributed by atoms with Crippen LogP contribution in [0.2, 0.25) is 0 Å². The van der Waals surface area contributed by atoms with Crippen LogP contribution < -0.4 is 4.90 Å². The van der Waals surface area contributed by atoms with Crippen LogP contribution in [0.5, 0.6) is 0 Å². The Hall–Kier alpha value is -2.68. The first-order valence-corrected chi connectivity index (χ1v) is 8.73. The Bertz CT molecular complexity index is 913. The van der Waals surface area contributed by atoms with E-state index in [9.17, 15) is 9.18 Å². The fourth-order valence-corrected chi connectivity index (χ4v) is 3.64. The summed E-state index contributed by atoms with van der Waals surface area (Å²) >= 11 is 0. The van der Waals surface area contributed by atoms with E-state index >= 15 is 0 Å². The average Bonchev–Trinajstić information content (AvgIpc) is 3.44. The summed E-state index contributed by atoms with van der Waals surface area (Å²) in [4.78, 5) is 15.0. The summed E-state index contributed by atoms with van der Waals surface area (Å²) in [6.07, 6.45) is 0.839. The van der Waals surface area contributed by atoms with Gasteiger partial charge in [0, 0.05) is 17.8 Å². The summed E-state index contributed by atoms with van der Waals surface area (Å²) < 4.78 is 13.1. The molecule has 1 saturated carbocycles. The lowest BCUT2D eigenvalue weighted by atomic mass is 10.1. The fraction of sp³-hybridized carbons (Fsp3) is 0.227. The van der Waals surface area contributed by atoms with E-state index in [2.05, 4.69) is 18.2 Å². The molecule has 0 aromatic heterocycles. The standard InChI is InChI=1S/C22H20FNO/c1-2-24(21-9-5-7-15-6-3-4-8-18(15)21)22(25)20-14-19(20)16-10-12-17(23)13-11-16/h3-13,19-20H,2,14H2,1H3. The monoisotopic (exact) mass is 333 g/mol. The molecule has 0 spiro atoms. The van der Waals surface area contributed by atoms with Gasteiger partial charge in [0.1, 0.15) is 5.82 Å².